The van der Waals surface area contributed by atoms with Gasteiger partial charge in [-0.15, -0.1) is 0 Å². The van der Waals surface area contributed by atoms with Gasteiger partial charge in [0.1, 0.15) is 11.9 Å². The lowest BCUT2D eigenvalue weighted by Gasteiger charge is -2.10. The minimum absolute atomic E-state index is 0.0197. The molecule has 0 radical (unpaired) electrons. The number of nitrogens with one attached hydrogen (secondary N) is 1. The van der Waals surface area contributed by atoms with Gasteiger partial charge in [-0.3, -0.25) is 4.79 Å². The van der Waals surface area contributed by atoms with Gasteiger partial charge in [-0.25, -0.2) is 4.39 Å². The van der Waals surface area contributed by atoms with E-state index in [2.05, 4.69) is 5.32 Å². The van der Waals surface area contributed by atoms with E-state index in [1.54, 1.807) is 26.0 Å². The highest BCUT2D eigenvalue weighted by Crippen LogP contribution is 2.11. The molecule has 3 nitrogen and oxygen atoms in total. The number of carbonyl (C=O) groups is 1. The highest BCUT2D eigenvalue weighted by molar-refractivity contribution is 5.95. The lowest BCUT2D eigenvalue weighted by Crippen LogP contribution is -2.33. The summed E-state index contributed by atoms with van der Waals surface area (Å²) in [6.07, 6.45) is 0.496. The van der Waals surface area contributed by atoms with Gasteiger partial charge >= 0.3 is 0 Å². The zero-order valence-electron chi connectivity index (χ0n) is 9.25. The normalized spacial score (nSPS) is 11.6. The third-order valence-electron chi connectivity index (χ3n) is 2.31. The van der Waals surface area contributed by atoms with Crippen molar-refractivity contribution in [1.82, 2.24) is 5.32 Å². The van der Waals surface area contributed by atoms with Crippen LogP contribution >= 0.6 is 0 Å². The predicted molar refractivity (Wildman–Crippen MR) is 58.3 cm³/mol. The van der Waals surface area contributed by atoms with Crippen LogP contribution in [0.2, 0.25) is 0 Å². The van der Waals surface area contributed by atoms with Crippen LogP contribution in [0.15, 0.2) is 18.2 Å². The number of carbonyl (C=O) groups excluding carboxylic acids is 1. The Morgan fingerprint density at radius 1 is 1.62 bits per heavy atom. The van der Waals surface area contributed by atoms with Crippen molar-refractivity contribution in [2.45, 2.75) is 26.3 Å². The molecule has 0 aliphatic rings. The molecule has 0 aliphatic heterocycles. The molecule has 1 aromatic carbocycles. The summed E-state index contributed by atoms with van der Waals surface area (Å²) < 4.78 is 13.6. The summed E-state index contributed by atoms with van der Waals surface area (Å²) in [6, 6.07) is 5.96. The van der Waals surface area contributed by atoms with Gasteiger partial charge in [0.15, 0.2) is 0 Å². The van der Waals surface area contributed by atoms with Crippen molar-refractivity contribution in [1.29, 1.82) is 5.26 Å². The van der Waals surface area contributed by atoms with Crippen molar-refractivity contribution >= 4 is 5.91 Å². The highest BCUT2D eigenvalue weighted by atomic mass is 19.1. The maximum absolute atomic E-state index is 13.6. The fraction of sp³-hybridized carbons (Fsp3) is 0.333. The molecule has 0 saturated carbocycles. The van der Waals surface area contributed by atoms with Crippen molar-refractivity contribution < 1.29 is 9.18 Å². The second kappa shape index (κ2) is 5.26. The maximum atomic E-state index is 13.6. The Hall–Kier alpha value is -1.89. The van der Waals surface area contributed by atoms with Crippen LogP contribution < -0.4 is 5.32 Å². The van der Waals surface area contributed by atoms with Crippen LogP contribution in [0.1, 0.15) is 29.3 Å². The van der Waals surface area contributed by atoms with Crippen molar-refractivity contribution in [3.63, 3.8) is 0 Å². The molecule has 1 rings (SSSR count). The number of amides is 1. The van der Waals surface area contributed by atoms with Gasteiger partial charge in [-0.2, -0.15) is 5.26 Å². The number of nitriles is 1. The van der Waals surface area contributed by atoms with Crippen molar-refractivity contribution in [3.8, 4) is 6.07 Å². The fourth-order valence-electron chi connectivity index (χ4n) is 1.28. The van der Waals surface area contributed by atoms with Gasteiger partial charge in [-0.05, 0) is 25.0 Å². The number of nitrogens with zero attached hydrogens (tertiary/aromatic N) is 1. The number of rotatable bonds is 3. The van der Waals surface area contributed by atoms with Crippen LogP contribution in [0.25, 0.3) is 0 Å². The Balaban J connectivity index is 2.90. The molecule has 1 unspecified atom stereocenters. The number of hydrogen-bond donors (Lipinski definition) is 1. The van der Waals surface area contributed by atoms with Crippen molar-refractivity contribution in [2.75, 3.05) is 0 Å². The van der Waals surface area contributed by atoms with Crippen LogP contribution in [0.5, 0.6) is 0 Å². The van der Waals surface area contributed by atoms with E-state index in [1.165, 1.54) is 6.07 Å². The average Bonchev–Trinajstić information content (AvgIpc) is 2.29. The Kier molecular flexibility index (Phi) is 4.01. The first-order valence-corrected chi connectivity index (χ1v) is 5.05. The molecular formula is C12H13FN2O. The smallest absolute Gasteiger partial charge is 0.255 e. The number of aryl methyl sites for hydroxylation is 1. The molecule has 0 saturated heterocycles. The topological polar surface area (TPSA) is 52.9 Å². The molecule has 0 aromatic heterocycles. The van der Waals surface area contributed by atoms with Gasteiger partial charge in [0.25, 0.3) is 5.91 Å². The third-order valence-corrected chi connectivity index (χ3v) is 2.31. The number of halogens is 1. The van der Waals surface area contributed by atoms with Gasteiger partial charge in [0.2, 0.25) is 0 Å². The van der Waals surface area contributed by atoms with E-state index in [4.69, 9.17) is 5.26 Å². The number of benzene rings is 1. The summed E-state index contributed by atoms with van der Waals surface area (Å²) in [5.41, 5.74) is 0.395. The minimum Gasteiger partial charge on any atom is -0.336 e. The van der Waals surface area contributed by atoms with Gasteiger partial charge in [0, 0.05) is 0 Å². The Bertz CT molecular complexity index is 437. The molecule has 1 amide bonds. The molecule has 0 bridgehead atoms. The zero-order chi connectivity index (χ0) is 12.1. The lowest BCUT2D eigenvalue weighted by atomic mass is 10.1. The van der Waals surface area contributed by atoms with Gasteiger partial charge < -0.3 is 5.32 Å². The first kappa shape index (κ1) is 12.2. The van der Waals surface area contributed by atoms with Crippen LogP contribution in [0, 0.1) is 24.1 Å². The molecule has 0 fully saturated rings. The highest BCUT2D eigenvalue weighted by Gasteiger charge is 2.15. The second-order valence-corrected chi connectivity index (χ2v) is 3.50. The third kappa shape index (κ3) is 2.57. The molecule has 1 atom stereocenters. The monoisotopic (exact) mass is 220 g/mol. The van der Waals surface area contributed by atoms with E-state index in [-0.39, 0.29) is 5.56 Å². The molecule has 0 heterocycles. The van der Waals surface area contributed by atoms with Crippen molar-refractivity contribution in [2.24, 2.45) is 0 Å². The Morgan fingerprint density at radius 2 is 2.31 bits per heavy atom. The molecule has 0 aliphatic carbocycles. The van der Waals surface area contributed by atoms with Crippen LogP contribution in [-0.4, -0.2) is 11.9 Å². The number of hydrogen-bond acceptors (Lipinski definition) is 2. The molecular weight excluding hydrogens is 207 g/mol. The van der Waals surface area contributed by atoms with Crippen LogP contribution in [0.3, 0.4) is 0 Å². The van der Waals surface area contributed by atoms with E-state index in [0.29, 0.717) is 12.0 Å². The summed E-state index contributed by atoms with van der Waals surface area (Å²) in [7, 11) is 0. The first-order valence-electron chi connectivity index (χ1n) is 5.05. The summed E-state index contributed by atoms with van der Waals surface area (Å²) in [6.45, 7) is 3.37. The Morgan fingerprint density at radius 3 is 2.88 bits per heavy atom. The van der Waals surface area contributed by atoms with Gasteiger partial charge in [-0.1, -0.05) is 19.1 Å². The lowest BCUT2D eigenvalue weighted by molar-refractivity contribution is 0.0940. The minimum atomic E-state index is -0.576. The second-order valence-electron chi connectivity index (χ2n) is 3.50. The molecule has 1 N–H and O–H groups in total. The van der Waals surface area contributed by atoms with Gasteiger partial charge in [0.05, 0.1) is 11.6 Å². The van der Waals surface area contributed by atoms with Crippen LogP contribution in [0.4, 0.5) is 4.39 Å². The first-order chi connectivity index (χ1) is 7.60. The molecule has 0 spiro atoms. The van der Waals surface area contributed by atoms with E-state index in [1.807, 2.05) is 6.07 Å². The largest absolute Gasteiger partial charge is 0.336 e. The molecule has 16 heavy (non-hydrogen) atoms. The quantitative estimate of drug-likeness (QED) is 0.848. The summed E-state index contributed by atoms with van der Waals surface area (Å²) in [4.78, 5) is 11.6. The van der Waals surface area contributed by atoms with Crippen LogP contribution in [-0.2, 0) is 0 Å². The van der Waals surface area contributed by atoms with E-state index >= 15 is 0 Å². The molecule has 84 valence electrons. The zero-order valence-corrected chi connectivity index (χ0v) is 9.25. The maximum Gasteiger partial charge on any atom is 0.255 e. The predicted octanol–water partition coefficient (Wildman–Crippen LogP) is 2.17. The van der Waals surface area contributed by atoms with E-state index in [0.717, 1.165) is 0 Å². The molecule has 4 heteroatoms. The molecule has 1 aromatic rings. The van der Waals surface area contributed by atoms with E-state index < -0.39 is 17.8 Å². The SMILES string of the molecule is CCC(C#N)NC(=O)c1cccc(C)c1F. The standard InChI is InChI=1S/C12H13FN2O/c1-3-9(7-14)15-12(16)10-6-4-5-8(2)11(10)13/h4-6,9H,3H2,1-2H3,(H,15,16). The summed E-state index contributed by atoms with van der Waals surface area (Å²) in [5.74, 6) is -1.08. The summed E-state index contributed by atoms with van der Waals surface area (Å²) >= 11 is 0. The summed E-state index contributed by atoms with van der Waals surface area (Å²) in [5, 5.41) is 11.1. The van der Waals surface area contributed by atoms with Crippen molar-refractivity contribution in [3.05, 3.63) is 35.1 Å². The Labute approximate surface area is 93.9 Å². The average molecular weight is 220 g/mol. The fourth-order valence-corrected chi connectivity index (χ4v) is 1.28. The van der Waals surface area contributed by atoms with E-state index in [9.17, 15) is 9.18 Å².